The summed E-state index contributed by atoms with van der Waals surface area (Å²) in [5, 5.41) is 2.90. The average molecular weight is 537 g/mol. The summed E-state index contributed by atoms with van der Waals surface area (Å²) in [6.45, 7) is 3.17. The van der Waals surface area contributed by atoms with Crippen LogP contribution in [0.15, 0.2) is 54.7 Å². The number of hydrogen-bond acceptors (Lipinski definition) is 7. The highest BCUT2D eigenvalue weighted by Crippen LogP contribution is 2.24. The van der Waals surface area contributed by atoms with Gasteiger partial charge >= 0.3 is 0 Å². The molecule has 38 heavy (non-hydrogen) atoms. The van der Waals surface area contributed by atoms with Crippen LogP contribution in [0, 0.1) is 6.92 Å². The summed E-state index contributed by atoms with van der Waals surface area (Å²) in [4.78, 5) is 39.3. The molecule has 11 heteroatoms. The summed E-state index contributed by atoms with van der Waals surface area (Å²) < 4.78 is 29.6. The maximum absolute atomic E-state index is 13.2. The number of rotatable bonds is 7. The number of alkyl halides is 2. The first kappa shape index (κ1) is 25.8. The fraction of sp³-hybridized carbons (Fsp3) is 0.296. The van der Waals surface area contributed by atoms with Crippen LogP contribution in [-0.4, -0.2) is 75.1 Å². The van der Waals surface area contributed by atoms with Crippen LogP contribution in [0.3, 0.4) is 0 Å². The number of carbonyl (C=O) groups excluding carboxylic acids is 2. The first-order valence-corrected chi connectivity index (χ1v) is 13.0. The molecule has 0 atom stereocenters. The molecule has 2 aromatic heterocycles. The molecule has 1 fully saturated rings. The minimum atomic E-state index is -2.38. The van der Waals surface area contributed by atoms with E-state index in [4.69, 9.17) is 0 Å². The number of nitrogens with one attached hydrogen (secondary N) is 1. The monoisotopic (exact) mass is 536 g/mol. The zero-order valence-corrected chi connectivity index (χ0v) is 21.5. The third-order valence-electron chi connectivity index (χ3n) is 6.45. The molecule has 8 nitrogen and oxygen atoms in total. The normalized spacial score (nSPS) is 14.3. The van der Waals surface area contributed by atoms with Crippen molar-refractivity contribution in [2.24, 2.45) is 0 Å². The molecule has 0 radical (unpaired) electrons. The molecule has 1 N–H and O–H groups in total. The molecule has 2 amide bonds. The van der Waals surface area contributed by atoms with Crippen molar-refractivity contribution in [3.05, 3.63) is 82.1 Å². The van der Waals surface area contributed by atoms with E-state index in [1.165, 1.54) is 11.5 Å². The highest BCUT2D eigenvalue weighted by atomic mass is 32.1. The maximum atomic E-state index is 13.2. The first-order chi connectivity index (χ1) is 18.4. The smallest absolute Gasteiger partial charge is 0.258 e. The highest BCUT2D eigenvalue weighted by molar-refractivity contribution is 7.06. The van der Waals surface area contributed by atoms with E-state index in [0.717, 1.165) is 21.6 Å². The van der Waals surface area contributed by atoms with Crippen LogP contribution < -0.4 is 5.32 Å². The molecule has 0 spiro atoms. The van der Waals surface area contributed by atoms with E-state index in [-0.39, 0.29) is 18.4 Å². The Bertz CT molecular complexity index is 1450. The molecule has 2 aromatic carbocycles. The summed E-state index contributed by atoms with van der Waals surface area (Å²) >= 11 is 1.27. The number of amides is 2. The molecule has 3 heterocycles. The van der Waals surface area contributed by atoms with Crippen molar-refractivity contribution in [2.75, 3.05) is 38.0 Å². The van der Waals surface area contributed by atoms with Gasteiger partial charge in [-0.2, -0.15) is 4.37 Å². The number of para-hydroxylation sites is 2. The van der Waals surface area contributed by atoms with Gasteiger partial charge in [0.2, 0.25) is 0 Å². The topological polar surface area (TPSA) is 91.3 Å². The van der Waals surface area contributed by atoms with E-state index in [0.29, 0.717) is 55.1 Å². The quantitative estimate of drug-likeness (QED) is 0.380. The Balaban J connectivity index is 1.23. The lowest BCUT2D eigenvalue weighted by molar-refractivity contribution is 0.0459. The van der Waals surface area contributed by atoms with Gasteiger partial charge < -0.3 is 10.2 Å². The van der Waals surface area contributed by atoms with E-state index < -0.39 is 6.43 Å². The summed E-state index contributed by atoms with van der Waals surface area (Å²) in [6, 6.07) is 14.3. The van der Waals surface area contributed by atoms with E-state index in [9.17, 15) is 18.4 Å². The Morgan fingerprint density at radius 2 is 1.74 bits per heavy atom. The Morgan fingerprint density at radius 3 is 2.45 bits per heavy atom. The molecule has 4 aromatic rings. The van der Waals surface area contributed by atoms with Crippen molar-refractivity contribution >= 4 is 40.1 Å². The second-order valence-corrected chi connectivity index (χ2v) is 9.97. The number of hydrogen-bond donors (Lipinski definition) is 1. The van der Waals surface area contributed by atoms with Crippen LogP contribution in [0.5, 0.6) is 0 Å². The minimum Gasteiger partial charge on any atom is -0.336 e. The second-order valence-electron chi connectivity index (χ2n) is 9.11. The molecule has 5 rings (SSSR count). The lowest BCUT2D eigenvalue weighted by atomic mass is 10.1. The Kier molecular flexibility index (Phi) is 7.66. The number of benzene rings is 2. The van der Waals surface area contributed by atoms with E-state index in [2.05, 4.69) is 19.7 Å². The molecular weight excluding hydrogens is 510 g/mol. The standard InChI is InChI=1S/C27H26F2N6O2S/c1-17-25(23(38-33-17)14-20-15-30-21-4-2-3-5-22(21)31-20)26(36)32-19-8-6-18(7-9-19)27(37)35-12-10-34(11-13-35)16-24(28)29/h2-9,15,24H,10-14,16H2,1H3,(H,32,36). The van der Waals surface area contributed by atoms with Crippen molar-refractivity contribution in [1.29, 1.82) is 0 Å². The van der Waals surface area contributed by atoms with Crippen LogP contribution in [0.25, 0.3) is 11.0 Å². The van der Waals surface area contributed by atoms with E-state index >= 15 is 0 Å². The van der Waals surface area contributed by atoms with Gasteiger partial charge in [0.05, 0.1) is 34.5 Å². The van der Waals surface area contributed by atoms with Gasteiger partial charge in [-0.05, 0) is 54.9 Å². The van der Waals surface area contributed by atoms with Gasteiger partial charge in [0.15, 0.2) is 0 Å². The van der Waals surface area contributed by atoms with Crippen LogP contribution in [-0.2, 0) is 6.42 Å². The Morgan fingerprint density at radius 1 is 1.03 bits per heavy atom. The third-order valence-corrected chi connectivity index (χ3v) is 7.38. The Labute approximate surface area is 222 Å². The summed E-state index contributed by atoms with van der Waals surface area (Å²) in [5.41, 5.74) is 4.53. The summed E-state index contributed by atoms with van der Waals surface area (Å²) in [6.07, 6.45) is -0.227. The van der Waals surface area contributed by atoms with Gasteiger partial charge in [-0.15, -0.1) is 0 Å². The molecular formula is C27H26F2N6O2S. The largest absolute Gasteiger partial charge is 0.336 e. The van der Waals surface area contributed by atoms with Crippen molar-refractivity contribution in [2.45, 2.75) is 19.8 Å². The number of aromatic nitrogens is 3. The molecule has 0 saturated carbocycles. The van der Waals surface area contributed by atoms with Gasteiger partial charge in [0.1, 0.15) is 0 Å². The first-order valence-electron chi connectivity index (χ1n) is 12.2. The van der Waals surface area contributed by atoms with Gasteiger partial charge in [-0.1, -0.05) is 12.1 Å². The number of halogens is 2. The van der Waals surface area contributed by atoms with Gasteiger partial charge in [0, 0.05) is 54.9 Å². The molecule has 1 aliphatic heterocycles. The molecule has 0 bridgehead atoms. The zero-order valence-electron chi connectivity index (χ0n) is 20.7. The predicted octanol–water partition coefficient (Wildman–Crippen LogP) is 4.26. The number of fused-ring (bicyclic) bond motifs is 1. The number of anilines is 1. The van der Waals surface area contributed by atoms with Crippen LogP contribution in [0.2, 0.25) is 0 Å². The number of aryl methyl sites for hydroxylation is 1. The van der Waals surface area contributed by atoms with Crippen LogP contribution in [0.4, 0.5) is 14.5 Å². The van der Waals surface area contributed by atoms with Gasteiger partial charge in [-0.25, -0.2) is 13.8 Å². The predicted molar refractivity (Wildman–Crippen MR) is 142 cm³/mol. The fourth-order valence-corrected chi connectivity index (χ4v) is 5.36. The SMILES string of the molecule is Cc1nsc(Cc2cnc3ccccc3n2)c1C(=O)Nc1ccc(C(=O)N2CCN(CC(F)F)CC2)cc1. The van der Waals surface area contributed by atoms with Gasteiger partial charge in [-0.3, -0.25) is 19.5 Å². The van der Waals surface area contributed by atoms with Crippen molar-refractivity contribution < 1.29 is 18.4 Å². The van der Waals surface area contributed by atoms with Crippen molar-refractivity contribution in [3.63, 3.8) is 0 Å². The second kappa shape index (κ2) is 11.3. The molecule has 1 saturated heterocycles. The van der Waals surface area contributed by atoms with E-state index in [1.54, 1.807) is 47.2 Å². The lowest BCUT2D eigenvalue weighted by Gasteiger charge is -2.34. The number of nitrogens with zero attached hydrogens (tertiary/aromatic N) is 5. The van der Waals surface area contributed by atoms with Gasteiger partial charge in [0.25, 0.3) is 18.2 Å². The minimum absolute atomic E-state index is 0.156. The highest BCUT2D eigenvalue weighted by Gasteiger charge is 2.24. The average Bonchev–Trinajstić information content (AvgIpc) is 3.28. The summed E-state index contributed by atoms with van der Waals surface area (Å²) in [5.74, 6) is -0.439. The fourth-order valence-electron chi connectivity index (χ4n) is 4.47. The zero-order chi connectivity index (χ0) is 26.6. The van der Waals surface area contributed by atoms with Crippen LogP contribution in [0.1, 0.15) is 37.0 Å². The van der Waals surface area contributed by atoms with Crippen molar-refractivity contribution in [3.8, 4) is 0 Å². The maximum Gasteiger partial charge on any atom is 0.258 e. The molecule has 196 valence electrons. The molecule has 1 aliphatic rings. The van der Waals surface area contributed by atoms with Crippen LogP contribution >= 0.6 is 11.5 Å². The summed E-state index contributed by atoms with van der Waals surface area (Å²) in [7, 11) is 0. The Hall–Kier alpha value is -3.83. The lowest BCUT2D eigenvalue weighted by Crippen LogP contribution is -2.49. The van der Waals surface area contributed by atoms with E-state index in [1.807, 2.05) is 24.3 Å². The molecule has 0 unspecified atom stereocenters. The van der Waals surface area contributed by atoms with Crippen molar-refractivity contribution in [1.82, 2.24) is 24.1 Å². The number of piperazine rings is 1. The molecule has 0 aliphatic carbocycles. The third kappa shape index (κ3) is 5.84. The number of carbonyl (C=O) groups is 2.